The van der Waals surface area contributed by atoms with Crippen LogP contribution in [0.25, 0.3) is 0 Å². The average molecular weight is 348 g/mol. The number of hydrogen-bond donors (Lipinski definition) is 1. The molecule has 1 aliphatic heterocycles. The molecule has 0 saturated carbocycles. The van der Waals surface area contributed by atoms with Gasteiger partial charge in [0.25, 0.3) is 0 Å². The largest absolute Gasteiger partial charge is 0.377 e. The summed E-state index contributed by atoms with van der Waals surface area (Å²) in [6.07, 6.45) is 1.17. The molecule has 20 heavy (non-hydrogen) atoms. The molecular weight excluding hydrogens is 330 g/mol. The average Bonchev–Trinajstić information content (AvgIpc) is 2.43. The predicted octanol–water partition coefficient (Wildman–Crippen LogP) is 5.71. The quantitative estimate of drug-likeness (QED) is 0.745. The first-order valence-corrected chi connectivity index (χ1v) is 8.68. The number of aryl methyl sites for hydroxylation is 2. The van der Waals surface area contributed by atoms with Crippen LogP contribution in [0.5, 0.6) is 0 Å². The number of halogens is 1. The van der Waals surface area contributed by atoms with Gasteiger partial charge < -0.3 is 5.32 Å². The van der Waals surface area contributed by atoms with Crippen molar-refractivity contribution in [2.24, 2.45) is 0 Å². The molecule has 3 rings (SSSR count). The Morgan fingerprint density at radius 2 is 2.00 bits per heavy atom. The fraction of sp³-hybridized carbons (Fsp3) is 0.294. The molecule has 1 unspecified atom stereocenters. The first-order chi connectivity index (χ1) is 9.65. The summed E-state index contributed by atoms with van der Waals surface area (Å²) < 4.78 is 1.16. The zero-order chi connectivity index (χ0) is 14.1. The Bertz CT molecular complexity index is 616. The van der Waals surface area contributed by atoms with Gasteiger partial charge in [0.15, 0.2) is 0 Å². The van der Waals surface area contributed by atoms with E-state index in [1.54, 1.807) is 0 Å². The summed E-state index contributed by atoms with van der Waals surface area (Å²) >= 11 is 5.66. The smallest absolute Gasteiger partial charge is 0.0533 e. The molecule has 0 spiro atoms. The van der Waals surface area contributed by atoms with Gasteiger partial charge in [-0.2, -0.15) is 0 Å². The van der Waals surface area contributed by atoms with E-state index in [-0.39, 0.29) is 0 Å². The van der Waals surface area contributed by atoms with Gasteiger partial charge in [0.05, 0.1) is 11.7 Å². The maximum absolute atomic E-state index is 3.74. The zero-order valence-electron chi connectivity index (χ0n) is 11.7. The van der Waals surface area contributed by atoms with Crippen molar-refractivity contribution in [3.8, 4) is 0 Å². The van der Waals surface area contributed by atoms with Gasteiger partial charge in [0.2, 0.25) is 0 Å². The number of thioether (sulfide) groups is 1. The van der Waals surface area contributed by atoms with Crippen molar-refractivity contribution in [2.75, 3.05) is 11.1 Å². The van der Waals surface area contributed by atoms with Crippen molar-refractivity contribution in [1.82, 2.24) is 0 Å². The van der Waals surface area contributed by atoms with E-state index in [1.807, 2.05) is 11.8 Å². The van der Waals surface area contributed by atoms with E-state index in [2.05, 4.69) is 71.5 Å². The van der Waals surface area contributed by atoms with Crippen LogP contribution in [0.4, 0.5) is 5.69 Å². The molecular formula is C17H18BrNS. The molecule has 1 atom stereocenters. The summed E-state index contributed by atoms with van der Waals surface area (Å²) in [5.41, 5.74) is 5.24. The SMILES string of the molecule is Cc1cc(C)c(NC2CCSc3ccccc32)c(Br)c1. The van der Waals surface area contributed by atoms with E-state index in [0.29, 0.717) is 6.04 Å². The van der Waals surface area contributed by atoms with Crippen molar-refractivity contribution in [3.63, 3.8) is 0 Å². The summed E-state index contributed by atoms with van der Waals surface area (Å²) in [5, 5.41) is 3.74. The highest BCUT2D eigenvalue weighted by Crippen LogP contribution is 2.39. The van der Waals surface area contributed by atoms with Crippen LogP contribution in [0.1, 0.15) is 29.2 Å². The van der Waals surface area contributed by atoms with Crippen LogP contribution in [0.3, 0.4) is 0 Å². The Morgan fingerprint density at radius 3 is 2.80 bits per heavy atom. The number of fused-ring (bicyclic) bond motifs is 1. The van der Waals surface area contributed by atoms with Crippen molar-refractivity contribution >= 4 is 33.4 Å². The number of nitrogens with one attached hydrogen (secondary N) is 1. The minimum absolute atomic E-state index is 0.408. The topological polar surface area (TPSA) is 12.0 Å². The highest BCUT2D eigenvalue weighted by Gasteiger charge is 2.21. The number of anilines is 1. The van der Waals surface area contributed by atoms with Crippen LogP contribution in [0, 0.1) is 13.8 Å². The lowest BCUT2D eigenvalue weighted by Crippen LogP contribution is -2.16. The van der Waals surface area contributed by atoms with Gasteiger partial charge in [-0.3, -0.25) is 0 Å². The zero-order valence-corrected chi connectivity index (χ0v) is 14.1. The van der Waals surface area contributed by atoms with Crippen LogP contribution in [0.2, 0.25) is 0 Å². The van der Waals surface area contributed by atoms with Crippen LogP contribution in [0.15, 0.2) is 45.8 Å². The normalized spacial score (nSPS) is 17.6. The van der Waals surface area contributed by atoms with Gasteiger partial charge in [-0.1, -0.05) is 24.3 Å². The van der Waals surface area contributed by atoms with E-state index in [1.165, 1.54) is 39.4 Å². The molecule has 1 aliphatic rings. The molecule has 1 nitrogen and oxygen atoms in total. The molecule has 1 N–H and O–H groups in total. The molecule has 0 aliphatic carbocycles. The molecule has 0 fully saturated rings. The lowest BCUT2D eigenvalue weighted by atomic mass is 10.0. The van der Waals surface area contributed by atoms with Crippen molar-refractivity contribution in [1.29, 1.82) is 0 Å². The van der Waals surface area contributed by atoms with Crippen molar-refractivity contribution in [2.45, 2.75) is 31.2 Å². The summed E-state index contributed by atoms with van der Waals surface area (Å²) in [7, 11) is 0. The molecule has 0 saturated heterocycles. The van der Waals surface area contributed by atoms with E-state index in [0.717, 1.165) is 4.47 Å². The van der Waals surface area contributed by atoms with E-state index in [9.17, 15) is 0 Å². The monoisotopic (exact) mass is 347 g/mol. The van der Waals surface area contributed by atoms with Crippen molar-refractivity contribution < 1.29 is 0 Å². The predicted molar refractivity (Wildman–Crippen MR) is 91.8 cm³/mol. The van der Waals surface area contributed by atoms with Gasteiger partial charge >= 0.3 is 0 Å². The Morgan fingerprint density at radius 1 is 1.20 bits per heavy atom. The third-order valence-electron chi connectivity index (χ3n) is 3.71. The first-order valence-electron chi connectivity index (χ1n) is 6.90. The molecule has 104 valence electrons. The van der Waals surface area contributed by atoms with Crippen LogP contribution in [-0.4, -0.2) is 5.75 Å². The summed E-state index contributed by atoms with van der Waals surface area (Å²) in [5.74, 6) is 1.18. The highest BCUT2D eigenvalue weighted by atomic mass is 79.9. The molecule has 0 aromatic heterocycles. The third kappa shape index (κ3) is 2.75. The number of rotatable bonds is 2. The summed E-state index contributed by atoms with van der Waals surface area (Å²) in [6.45, 7) is 4.30. The maximum atomic E-state index is 3.74. The van der Waals surface area contributed by atoms with Gasteiger partial charge in [-0.05, 0) is 65.0 Å². The van der Waals surface area contributed by atoms with Gasteiger partial charge in [-0.25, -0.2) is 0 Å². The molecule has 2 aromatic carbocycles. The van der Waals surface area contributed by atoms with E-state index < -0.39 is 0 Å². The fourth-order valence-corrected chi connectivity index (χ4v) is 4.68. The number of benzene rings is 2. The lowest BCUT2D eigenvalue weighted by molar-refractivity contribution is 0.727. The van der Waals surface area contributed by atoms with E-state index in [4.69, 9.17) is 0 Å². The Labute approximate surface area is 133 Å². The molecule has 0 radical (unpaired) electrons. The Kier molecular flexibility index (Phi) is 4.08. The second kappa shape index (κ2) is 5.82. The lowest BCUT2D eigenvalue weighted by Gasteiger charge is -2.28. The second-order valence-corrected chi connectivity index (χ2v) is 7.30. The Balaban J connectivity index is 1.94. The molecule has 3 heteroatoms. The van der Waals surface area contributed by atoms with Crippen LogP contribution in [-0.2, 0) is 0 Å². The molecule has 0 bridgehead atoms. The first kappa shape index (κ1) is 14.0. The van der Waals surface area contributed by atoms with Gasteiger partial charge in [0.1, 0.15) is 0 Å². The molecule has 0 amide bonds. The summed E-state index contributed by atoms with van der Waals surface area (Å²) in [4.78, 5) is 1.41. The number of hydrogen-bond acceptors (Lipinski definition) is 2. The van der Waals surface area contributed by atoms with Gasteiger partial charge in [0, 0.05) is 15.1 Å². The van der Waals surface area contributed by atoms with Crippen LogP contribution >= 0.6 is 27.7 Å². The van der Waals surface area contributed by atoms with Crippen LogP contribution < -0.4 is 5.32 Å². The minimum Gasteiger partial charge on any atom is -0.377 e. The van der Waals surface area contributed by atoms with Crippen molar-refractivity contribution in [3.05, 3.63) is 57.6 Å². The Hall–Kier alpha value is -0.930. The summed E-state index contributed by atoms with van der Waals surface area (Å²) in [6, 6.07) is 13.6. The van der Waals surface area contributed by atoms with E-state index >= 15 is 0 Å². The fourth-order valence-electron chi connectivity index (χ4n) is 2.76. The van der Waals surface area contributed by atoms with Gasteiger partial charge in [-0.15, -0.1) is 11.8 Å². The maximum Gasteiger partial charge on any atom is 0.0533 e. The second-order valence-electron chi connectivity index (χ2n) is 5.31. The molecule has 1 heterocycles. The standard InChI is InChI=1S/C17H18BrNS/c1-11-9-12(2)17(14(18)10-11)19-15-7-8-20-16-6-4-3-5-13(15)16/h3-6,9-10,15,19H,7-8H2,1-2H3. The minimum atomic E-state index is 0.408. The third-order valence-corrected chi connectivity index (χ3v) is 5.46. The highest BCUT2D eigenvalue weighted by molar-refractivity contribution is 9.10. The molecule has 2 aromatic rings.